The molecule has 2 nitrogen and oxygen atoms in total. The van der Waals surface area contributed by atoms with Crippen LogP contribution in [0.5, 0.6) is 0 Å². The number of rotatable bonds is 5. The second-order valence-corrected chi connectivity index (χ2v) is 4.93. The van der Waals surface area contributed by atoms with Gasteiger partial charge in [-0.05, 0) is 25.0 Å². The van der Waals surface area contributed by atoms with Gasteiger partial charge in [-0.1, -0.05) is 0 Å². The highest BCUT2D eigenvalue weighted by atomic mass is 127. The van der Waals surface area contributed by atoms with Gasteiger partial charge in [0.1, 0.15) is 13.1 Å². The smallest absolute Gasteiger partial charge is 0.169 e. The highest BCUT2D eigenvalue weighted by molar-refractivity contribution is 5.03. The van der Waals surface area contributed by atoms with E-state index in [0.29, 0.717) is 0 Å². The summed E-state index contributed by atoms with van der Waals surface area (Å²) in [4.78, 5) is 0. The summed E-state index contributed by atoms with van der Waals surface area (Å²) in [7, 11) is 0. The van der Waals surface area contributed by atoms with Gasteiger partial charge in [-0.25, -0.2) is 9.13 Å². The molecule has 0 bridgehead atoms. The summed E-state index contributed by atoms with van der Waals surface area (Å²) in [6, 6.07) is 8.65. The second-order valence-electron chi connectivity index (χ2n) is 4.93. The Labute approximate surface area is 156 Å². The summed E-state index contributed by atoms with van der Waals surface area (Å²) in [5.74, 6) is 0. The second kappa shape index (κ2) is 10.5. The average molecular weight is 496 g/mol. The zero-order valence-electron chi connectivity index (χ0n) is 12.1. The molecular weight excluding hydrogens is 474 g/mol. The molecule has 0 saturated heterocycles. The Hall–Kier alpha value is -0.240. The van der Waals surface area contributed by atoms with E-state index < -0.39 is 0 Å². The SMILES string of the molecule is Cc1cc[n+](CCCC[n+]2ccc(C)cc2)cc1.[I-].[I-]. The fourth-order valence-electron chi connectivity index (χ4n) is 1.95. The molecule has 4 heteroatoms. The first kappa shape index (κ1) is 19.8. The zero-order chi connectivity index (χ0) is 12.8. The molecule has 0 aromatic carbocycles. The Morgan fingerprint density at radius 3 is 1.25 bits per heavy atom. The average Bonchev–Trinajstić information content (AvgIpc) is 2.39. The monoisotopic (exact) mass is 496 g/mol. The number of hydrogen-bond donors (Lipinski definition) is 0. The van der Waals surface area contributed by atoms with Gasteiger partial charge >= 0.3 is 0 Å². The van der Waals surface area contributed by atoms with Crippen LogP contribution in [-0.4, -0.2) is 0 Å². The summed E-state index contributed by atoms with van der Waals surface area (Å²) in [6.07, 6.45) is 11.1. The minimum absolute atomic E-state index is 0. The highest BCUT2D eigenvalue weighted by Crippen LogP contribution is 1.94. The van der Waals surface area contributed by atoms with Crippen LogP contribution >= 0.6 is 0 Å². The maximum absolute atomic E-state index is 2.26. The summed E-state index contributed by atoms with van der Waals surface area (Å²) in [6.45, 7) is 6.45. The third-order valence-corrected chi connectivity index (χ3v) is 3.20. The molecule has 2 heterocycles. The fourth-order valence-corrected chi connectivity index (χ4v) is 1.95. The molecule has 0 radical (unpaired) electrons. The van der Waals surface area contributed by atoms with E-state index in [9.17, 15) is 0 Å². The van der Waals surface area contributed by atoms with E-state index in [2.05, 4.69) is 72.0 Å². The molecule has 0 fully saturated rings. The molecule has 0 N–H and O–H groups in total. The normalized spacial score (nSPS) is 9.50. The Balaban J connectivity index is 0.00000180. The van der Waals surface area contributed by atoms with Gasteiger partial charge in [-0.3, -0.25) is 0 Å². The molecule has 0 amide bonds. The third kappa shape index (κ3) is 6.97. The lowest BCUT2D eigenvalue weighted by Gasteiger charge is -1.98. The van der Waals surface area contributed by atoms with Crippen LogP contribution in [-0.2, 0) is 13.1 Å². The van der Waals surface area contributed by atoms with Crippen molar-refractivity contribution in [1.29, 1.82) is 0 Å². The summed E-state index contributed by atoms with van der Waals surface area (Å²) in [5.41, 5.74) is 2.64. The van der Waals surface area contributed by atoms with Gasteiger partial charge in [0.15, 0.2) is 24.8 Å². The minimum atomic E-state index is 0. The van der Waals surface area contributed by atoms with E-state index in [1.165, 1.54) is 24.0 Å². The predicted octanol–water partition coefficient (Wildman–Crippen LogP) is -3.63. The standard InChI is InChI=1S/C16H22N2.2HI/c1-15-5-11-17(12-6-15)9-3-4-10-18-13-7-16(2)8-14-18;;/h5-8,11-14H,3-4,9-10H2,1-2H3;2*1H/q+2;;/p-2. The van der Waals surface area contributed by atoms with Crippen molar-refractivity contribution in [2.45, 2.75) is 39.8 Å². The first-order valence-electron chi connectivity index (χ1n) is 6.65. The van der Waals surface area contributed by atoms with E-state index in [4.69, 9.17) is 0 Å². The van der Waals surface area contributed by atoms with Crippen LogP contribution in [0.2, 0.25) is 0 Å². The minimum Gasteiger partial charge on any atom is -1.00 e. The van der Waals surface area contributed by atoms with Crippen molar-refractivity contribution in [3.05, 3.63) is 60.2 Å². The molecule has 0 aliphatic carbocycles. The number of hydrogen-bond acceptors (Lipinski definition) is 0. The fraction of sp³-hybridized carbons (Fsp3) is 0.375. The maximum Gasteiger partial charge on any atom is 0.169 e. The van der Waals surface area contributed by atoms with Crippen LogP contribution in [0.4, 0.5) is 0 Å². The van der Waals surface area contributed by atoms with E-state index in [1.54, 1.807) is 0 Å². The van der Waals surface area contributed by atoms with E-state index in [1.807, 2.05) is 0 Å². The lowest BCUT2D eigenvalue weighted by Crippen LogP contribution is -3.00. The maximum atomic E-state index is 2.26. The molecule has 2 rings (SSSR count). The van der Waals surface area contributed by atoms with Gasteiger partial charge in [0.2, 0.25) is 0 Å². The van der Waals surface area contributed by atoms with E-state index in [-0.39, 0.29) is 48.0 Å². The number of nitrogens with zero attached hydrogens (tertiary/aromatic N) is 2. The van der Waals surface area contributed by atoms with Gasteiger partial charge in [0, 0.05) is 37.1 Å². The topological polar surface area (TPSA) is 7.76 Å². The quantitative estimate of drug-likeness (QED) is 0.230. The van der Waals surface area contributed by atoms with Crippen LogP contribution in [0.15, 0.2) is 49.1 Å². The van der Waals surface area contributed by atoms with Crippen LogP contribution in [0, 0.1) is 13.8 Å². The van der Waals surface area contributed by atoms with Crippen LogP contribution in [0.25, 0.3) is 0 Å². The van der Waals surface area contributed by atoms with E-state index >= 15 is 0 Å². The molecule has 0 atom stereocenters. The van der Waals surface area contributed by atoms with Crippen molar-refractivity contribution in [2.75, 3.05) is 0 Å². The molecule has 0 saturated carbocycles. The number of pyridine rings is 2. The number of halogens is 2. The van der Waals surface area contributed by atoms with Crippen molar-refractivity contribution in [2.24, 2.45) is 0 Å². The van der Waals surface area contributed by atoms with Crippen LogP contribution in [0.3, 0.4) is 0 Å². The van der Waals surface area contributed by atoms with Gasteiger partial charge < -0.3 is 48.0 Å². The van der Waals surface area contributed by atoms with Crippen molar-refractivity contribution in [3.63, 3.8) is 0 Å². The first-order chi connectivity index (χ1) is 8.74. The Kier molecular flexibility index (Phi) is 10.4. The molecule has 0 aliphatic heterocycles. The Morgan fingerprint density at radius 1 is 0.650 bits per heavy atom. The lowest BCUT2D eigenvalue weighted by molar-refractivity contribution is -0.708. The number of aromatic nitrogens is 2. The van der Waals surface area contributed by atoms with Gasteiger partial charge in [0.25, 0.3) is 0 Å². The van der Waals surface area contributed by atoms with Crippen LogP contribution in [0.1, 0.15) is 24.0 Å². The third-order valence-electron chi connectivity index (χ3n) is 3.20. The van der Waals surface area contributed by atoms with Gasteiger partial charge in [-0.15, -0.1) is 0 Å². The molecular formula is C16H22I2N2. The largest absolute Gasteiger partial charge is 1.00 e. The molecule has 0 spiro atoms. The van der Waals surface area contributed by atoms with E-state index in [0.717, 1.165) is 13.1 Å². The molecule has 0 aliphatic rings. The Morgan fingerprint density at radius 2 is 0.950 bits per heavy atom. The summed E-state index contributed by atoms with van der Waals surface area (Å²) < 4.78 is 4.51. The van der Waals surface area contributed by atoms with Crippen molar-refractivity contribution < 1.29 is 57.1 Å². The zero-order valence-corrected chi connectivity index (χ0v) is 16.4. The first-order valence-corrected chi connectivity index (χ1v) is 6.65. The molecule has 20 heavy (non-hydrogen) atoms. The van der Waals surface area contributed by atoms with Crippen molar-refractivity contribution in [3.8, 4) is 0 Å². The van der Waals surface area contributed by atoms with Crippen LogP contribution < -0.4 is 57.1 Å². The summed E-state index contributed by atoms with van der Waals surface area (Å²) >= 11 is 0. The van der Waals surface area contributed by atoms with Gasteiger partial charge in [0.05, 0.1) is 0 Å². The molecule has 110 valence electrons. The Bertz CT molecular complexity index is 433. The number of unbranched alkanes of at least 4 members (excludes halogenated alkanes) is 1. The highest BCUT2D eigenvalue weighted by Gasteiger charge is 2.02. The van der Waals surface area contributed by atoms with Gasteiger partial charge in [-0.2, -0.15) is 0 Å². The lowest BCUT2D eigenvalue weighted by atomic mass is 10.2. The number of aryl methyl sites for hydroxylation is 4. The molecule has 2 aromatic heterocycles. The molecule has 2 aromatic rings. The summed E-state index contributed by atoms with van der Waals surface area (Å²) in [5, 5.41) is 0. The van der Waals surface area contributed by atoms with Crippen molar-refractivity contribution in [1.82, 2.24) is 0 Å². The predicted molar refractivity (Wildman–Crippen MR) is 72.0 cm³/mol. The van der Waals surface area contributed by atoms with Crippen molar-refractivity contribution >= 4 is 0 Å². The molecule has 0 unspecified atom stereocenters.